The molecule has 1 aliphatic rings. The van der Waals surface area contributed by atoms with Crippen molar-refractivity contribution in [1.82, 2.24) is 10.2 Å². The molecular formula is C14H29N3O. The highest BCUT2D eigenvalue weighted by Gasteiger charge is 2.38. The first-order valence-corrected chi connectivity index (χ1v) is 7.27. The van der Waals surface area contributed by atoms with Crippen molar-refractivity contribution in [2.24, 2.45) is 11.7 Å². The van der Waals surface area contributed by atoms with Crippen LogP contribution in [0.1, 0.15) is 46.0 Å². The molecule has 1 fully saturated rings. The summed E-state index contributed by atoms with van der Waals surface area (Å²) in [5.41, 5.74) is 6.09. The summed E-state index contributed by atoms with van der Waals surface area (Å²) in [6.45, 7) is 6.41. The number of carbonyl (C=O) groups excluding carboxylic acids is 1. The Morgan fingerprint density at radius 1 is 1.39 bits per heavy atom. The average molecular weight is 255 g/mol. The van der Waals surface area contributed by atoms with Gasteiger partial charge in [-0.05, 0) is 38.1 Å². The van der Waals surface area contributed by atoms with E-state index in [1.165, 1.54) is 19.3 Å². The molecule has 18 heavy (non-hydrogen) atoms. The van der Waals surface area contributed by atoms with Crippen LogP contribution < -0.4 is 11.1 Å². The van der Waals surface area contributed by atoms with Gasteiger partial charge < -0.3 is 11.1 Å². The summed E-state index contributed by atoms with van der Waals surface area (Å²) in [5.74, 6) is 0.936. The number of amides is 1. The van der Waals surface area contributed by atoms with Crippen molar-refractivity contribution >= 4 is 5.91 Å². The summed E-state index contributed by atoms with van der Waals surface area (Å²) in [7, 11) is 1.69. The number of nitrogens with two attached hydrogens (primary N) is 1. The Labute approximate surface area is 111 Å². The Kier molecular flexibility index (Phi) is 6.09. The molecule has 0 aromatic heterocycles. The molecule has 0 spiro atoms. The highest BCUT2D eigenvalue weighted by Crippen LogP contribution is 2.37. The molecule has 1 rings (SSSR count). The second-order valence-electron chi connectivity index (χ2n) is 5.47. The Hall–Kier alpha value is -0.610. The molecule has 0 heterocycles. The molecule has 3 N–H and O–H groups in total. The number of carbonyl (C=O) groups is 1. The fourth-order valence-electron chi connectivity index (χ4n) is 3.14. The third-order valence-electron chi connectivity index (χ3n) is 4.66. The highest BCUT2D eigenvalue weighted by molar-refractivity contribution is 5.77. The normalized spacial score (nSPS) is 28.4. The van der Waals surface area contributed by atoms with Gasteiger partial charge in [-0.1, -0.05) is 20.3 Å². The van der Waals surface area contributed by atoms with Gasteiger partial charge in [-0.2, -0.15) is 0 Å². The predicted octanol–water partition coefficient (Wildman–Crippen LogP) is 1.35. The molecule has 0 atom stereocenters. The highest BCUT2D eigenvalue weighted by atomic mass is 16.1. The van der Waals surface area contributed by atoms with Gasteiger partial charge in [0.05, 0.1) is 6.54 Å². The van der Waals surface area contributed by atoms with Gasteiger partial charge in [0, 0.05) is 19.1 Å². The van der Waals surface area contributed by atoms with E-state index < -0.39 is 0 Å². The number of hydrogen-bond donors (Lipinski definition) is 2. The number of likely N-dealkylation sites (N-methyl/N-ethyl adjacent to an activating group) is 2. The quantitative estimate of drug-likeness (QED) is 0.753. The van der Waals surface area contributed by atoms with Crippen molar-refractivity contribution in [2.75, 3.05) is 26.7 Å². The van der Waals surface area contributed by atoms with Crippen LogP contribution in [0.15, 0.2) is 0 Å². The van der Waals surface area contributed by atoms with E-state index in [0.717, 1.165) is 25.3 Å². The lowest BCUT2D eigenvalue weighted by Crippen LogP contribution is -2.57. The molecule has 0 aromatic carbocycles. The SMILES string of the molecule is CCC1CCC(CN)(N(CC)CC(=O)NC)CC1. The van der Waals surface area contributed by atoms with Crippen LogP contribution in [0.5, 0.6) is 0 Å². The molecule has 0 bridgehead atoms. The van der Waals surface area contributed by atoms with E-state index >= 15 is 0 Å². The first kappa shape index (κ1) is 15.4. The van der Waals surface area contributed by atoms with Gasteiger partial charge in [-0.25, -0.2) is 0 Å². The van der Waals surface area contributed by atoms with Crippen molar-refractivity contribution in [2.45, 2.75) is 51.5 Å². The first-order valence-electron chi connectivity index (χ1n) is 7.27. The monoisotopic (exact) mass is 255 g/mol. The maximum absolute atomic E-state index is 11.6. The first-order chi connectivity index (χ1) is 8.61. The number of hydrogen-bond acceptors (Lipinski definition) is 3. The van der Waals surface area contributed by atoms with Crippen LogP contribution in [0.4, 0.5) is 0 Å². The van der Waals surface area contributed by atoms with Crippen LogP contribution in [-0.4, -0.2) is 43.0 Å². The molecule has 1 aliphatic carbocycles. The van der Waals surface area contributed by atoms with Crippen molar-refractivity contribution in [1.29, 1.82) is 0 Å². The number of rotatable bonds is 6. The van der Waals surface area contributed by atoms with E-state index in [0.29, 0.717) is 13.1 Å². The molecule has 0 aromatic rings. The smallest absolute Gasteiger partial charge is 0.233 e. The molecule has 0 radical (unpaired) electrons. The van der Waals surface area contributed by atoms with Crippen LogP contribution in [-0.2, 0) is 4.79 Å². The predicted molar refractivity (Wildman–Crippen MR) is 75.3 cm³/mol. The molecular weight excluding hydrogens is 226 g/mol. The summed E-state index contributed by atoms with van der Waals surface area (Å²) >= 11 is 0. The van der Waals surface area contributed by atoms with Gasteiger partial charge in [0.25, 0.3) is 0 Å². The standard InChI is InChI=1S/C14H29N3O/c1-4-12-6-8-14(11-15,9-7-12)17(5-2)10-13(18)16-3/h12H,4-11,15H2,1-3H3,(H,16,18). The van der Waals surface area contributed by atoms with E-state index in [1.807, 2.05) is 0 Å². The van der Waals surface area contributed by atoms with Crippen molar-refractivity contribution < 1.29 is 4.79 Å². The minimum absolute atomic E-state index is 0.0485. The zero-order chi connectivity index (χ0) is 13.6. The van der Waals surface area contributed by atoms with E-state index in [4.69, 9.17) is 5.73 Å². The molecule has 1 amide bonds. The Morgan fingerprint density at radius 2 is 2.00 bits per heavy atom. The van der Waals surface area contributed by atoms with Crippen molar-refractivity contribution in [3.8, 4) is 0 Å². The van der Waals surface area contributed by atoms with Crippen LogP contribution in [0.3, 0.4) is 0 Å². The van der Waals surface area contributed by atoms with E-state index in [1.54, 1.807) is 7.05 Å². The van der Waals surface area contributed by atoms with Crippen molar-refractivity contribution in [3.05, 3.63) is 0 Å². The number of nitrogens with one attached hydrogen (secondary N) is 1. The van der Waals surface area contributed by atoms with Gasteiger partial charge >= 0.3 is 0 Å². The molecule has 0 saturated heterocycles. The summed E-state index contributed by atoms with van der Waals surface area (Å²) in [6, 6.07) is 0. The second kappa shape index (κ2) is 7.10. The van der Waals surface area contributed by atoms with Gasteiger partial charge in [0.2, 0.25) is 5.91 Å². The lowest BCUT2D eigenvalue weighted by molar-refractivity contribution is -0.123. The molecule has 4 heteroatoms. The molecule has 106 valence electrons. The lowest BCUT2D eigenvalue weighted by Gasteiger charge is -2.47. The fraction of sp³-hybridized carbons (Fsp3) is 0.929. The molecule has 4 nitrogen and oxygen atoms in total. The third kappa shape index (κ3) is 3.45. The largest absolute Gasteiger partial charge is 0.358 e. The minimum Gasteiger partial charge on any atom is -0.358 e. The van der Waals surface area contributed by atoms with Crippen LogP contribution in [0, 0.1) is 5.92 Å². The summed E-state index contributed by atoms with van der Waals surface area (Å²) < 4.78 is 0. The second-order valence-corrected chi connectivity index (χ2v) is 5.47. The number of nitrogens with zero attached hydrogens (tertiary/aromatic N) is 1. The van der Waals surface area contributed by atoms with Gasteiger partial charge in [0.1, 0.15) is 0 Å². The van der Waals surface area contributed by atoms with Gasteiger partial charge in [-0.15, -0.1) is 0 Å². The van der Waals surface area contributed by atoms with Gasteiger partial charge in [-0.3, -0.25) is 9.69 Å². The topological polar surface area (TPSA) is 58.4 Å². The summed E-state index contributed by atoms with van der Waals surface area (Å²) in [4.78, 5) is 13.9. The van der Waals surface area contributed by atoms with E-state index in [-0.39, 0.29) is 11.4 Å². The lowest BCUT2D eigenvalue weighted by atomic mass is 9.74. The fourth-order valence-corrected chi connectivity index (χ4v) is 3.14. The summed E-state index contributed by atoms with van der Waals surface area (Å²) in [6.07, 6.45) is 6.03. The Balaban J connectivity index is 2.70. The van der Waals surface area contributed by atoms with Crippen molar-refractivity contribution in [3.63, 3.8) is 0 Å². The van der Waals surface area contributed by atoms with E-state index in [9.17, 15) is 4.79 Å². The maximum Gasteiger partial charge on any atom is 0.233 e. The molecule has 0 unspecified atom stereocenters. The molecule has 1 saturated carbocycles. The van der Waals surface area contributed by atoms with E-state index in [2.05, 4.69) is 24.1 Å². The van der Waals surface area contributed by atoms with Crippen LogP contribution in [0.25, 0.3) is 0 Å². The van der Waals surface area contributed by atoms with Gasteiger partial charge in [0.15, 0.2) is 0 Å². The van der Waals surface area contributed by atoms with Crippen LogP contribution in [0.2, 0.25) is 0 Å². The Bertz CT molecular complexity index is 260. The molecule has 0 aliphatic heterocycles. The maximum atomic E-state index is 11.6. The minimum atomic E-state index is 0.0485. The van der Waals surface area contributed by atoms with Crippen LogP contribution >= 0.6 is 0 Å². The average Bonchev–Trinajstić information content (AvgIpc) is 2.44. The zero-order valence-corrected chi connectivity index (χ0v) is 12.2. The zero-order valence-electron chi connectivity index (χ0n) is 12.2. The third-order valence-corrected chi connectivity index (χ3v) is 4.66. The summed E-state index contributed by atoms with van der Waals surface area (Å²) in [5, 5.41) is 2.71. The Morgan fingerprint density at radius 3 is 2.39 bits per heavy atom.